The van der Waals surface area contributed by atoms with E-state index in [0.717, 1.165) is 23.3 Å². The van der Waals surface area contributed by atoms with Crippen molar-refractivity contribution >= 4 is 12.1 Å². The summed E-state index contributed by atoms with van der Waals surface area (Å²) in [4.78, 5) is 15.9. The van der Waals surface area contributed by atoms with Gasteiger partial charge in [-0.15, -0.1) is 0 Å². The molecule has 0 unspecified atom stereocenters. The zero-order chi connectivity index (χ0) is 18.3. The monoisotopic (exact) mass is 359 g/mol. The third kappa shape index (κ3) is 3.18. The number of pyridine rings is 1. The molecule has 4 bridgehead atoms. The number of rotatable bonds is 4. The van der Waals surface area contributed by atoms with Gasteiger partial charge < -0.3 is 0 Å². The summed E-state index contributed by atoms with van der Waals surface area (Å²) in [6.45, 7) is 0. The van der Waals surface area contributed by atoms with Crippen molar-refractivity contribution in [3.8, 4) is 0 Å². The van der Waals surface area contributed by atoms with E-state index in [1.54, 1.807) is 30.7 Å². The van der Waals surface area contributed by atoms with Crippen molar-refractivity contribution in [2.24, 2.45) is 22.9 Å². The predicted octanol–water partition coefficient (Wildman–Crippen LogP) is 4.31. The van der Waals surface area contributed by atoms with E-state index >= 15 is 0 Å². The second-order valence-corrected chi connectivity index (χ2v) is 8.75. The summed E-state index contributed by atoms with van der Waals surface area (Å²) in [6.07, 6.45) is 13.5. The van der Waals surface area contributed by atoms with Gasteiger partial charge in [0, 0.05) is 18.0 Å². The number of aromatic nitrogens is 1. The van der Waals surface area contributed by atoms with Gasteiger partial charge in [0.05, 0.1) is 6.21 Å². The van der Waals surface area contributed by atoms with Crippen LogP contribution in [-0.4, -0.2) is 17.1 Å². The summed E-state index contributed by atoms with van der Waals surface area (Å²) in [5, 5.41) is 4.09. The highest BCUT2D eigenvalue weighted by Gasteiger charge is 2.51. The lowest BCUT2D eigenvalue weighted by Gasteiger charge is -2.57. The Labute approximate surface area is 160 Å². The Morgan fingerprint density at radius 1 is 0.963 bits per heavy atom. The average molecular weight is 359 g/mol. The van der Waals surface area contributed by atoms with Gasteiger partial charge in [-0.25, -0.2) is 5.43 Å². The molecule has 4 fully saturated rings. The van der Waals surface area contributed by atoms with Gasteiger partial charge in [0.1, 0.15) is 0 Å². The SMILES string of the molecule is O=C(N/N=C/c1ccc(C23CC4CC(CC(C4)C2)C3)cc1)c1ccncc1. The van der Waals surface area contributed by atoms with Crippen LogP contribution in [0.25, 0.3) is 0 Å². The van der Waals surface area contributed by atoms with E-state index in [9.17, 15) is 4.79 Å². The molecule has 138 valence electrons. The van der Waals surface area contributed by atoms with Crippen LogP contribution >= 0.6 is 0 Å². The predicted molar refractivity (Wildman–Crippen MR) is 106 cm³/mol. The number of hydrazone groups is 1. The number of amides is 1. The van der Waals surface area contributed by atoms with Crippen molar-refractivity contribution in [1.82, 2.24) is 10.4 Å². The van der Waals surface area contributed by atoms with E-state index in [4.69, 9.17) is 0 Å². The minimum Gasteiger partial charge on any atom is -0.267 e. The lowest BCUT2D eigenvalue weighted by Crippen LogP contribution is -2.48. The van der Waals surface area contributed by atoms with Gasteiger partial charge in [0.2, 0.25) is 0 Å². The second kappa shape index (κ2) is 6.59. The fraction of sp³-hybridized carbons (Fsp3) is 0.435. The van der Waals surface area contributed by atoms with Crippen molar-refractivity contribution in [1.29, 1.82) is 0 Å². The number of nitrogens with one attached hydrogen (secondary N) is 1. The third-order valence-corrected chi connectivity index (χ3v) is 6.88. The summed E-state index contributed by atoms with van der Waals surface area (Å²) in [5.41, 5.74) is 6.08. The first kappa shape index (κ1) is 16.7. The molecule has 4 aliphatic rings. The number of carbonyl (C=O) groups excluding carboxylic acids is 1. The van der Waals surface area contributed by atoms with E-state index in [0.29, 0.717) is 11.0 Å². The van der Waals surface area contributed by atoms with Crippen LogP contribution in [0.15, 0.2) is 53.9 Å². The zero-order valence-corrected chi connectivity index (χ0v) is 15.5. The summed E-state index contributed by atoms with van der Waals surface area (Å²) < 4.78 is 0. The Morgan fingerprint density at radius 3 is 2.15 bits per heavy atom. The van der Waals surface area contributed by atoms with E-state index in [-0.39, 0.29) is 5.91 Å². The lowest BCUT2D eigenvalue weighted by molar-refractivity contribution is -0.00518. The van der Waals surface area contributed by atoms with E-state index in [1.165, 1.54) is 44.1 Å². The van der Waals surface area contributed by atoms with Crippen LogP contribution in [0.3, 0.4) is 0 Å². The van der Waals surface area contributed by atoms with Crippen molar-refractivity contribution in [2.75, 3.05) is 0 Å². The number of carbonyl (C=O) groups is 1. The fourth-order valence-electron chi connectivity index (χ4n) is 6.12. The maximum atomic E-state index is 12.0. The van der Waals surface area contributed by atoms with Crippen molar-refractivity contribution in [2.45, 2.75) is 43.9 Å². The molecule has 0 atom stereocenters. The molecule has 1 heterocycles. The molecule has 4 aliphatic carbocycles. The van der Waals surface area contributed by atoms with Crippen LogP contribution in [-0.2, 0) is 5.41 Å². The molecule has 2 aromatic rings. The molecule has 1 N–H and O–H groups in total. The summed E-state index contributed by atoms with van der Waals surface area (Å²) in [6, 6.07) is 12.2. The zero-order valence-electron chi connectivity index (χ0n) is 15.5. The van der Waals surface area contributed by atoms with E-state index in [1.807, 2.05) is 0 Å². The molecule has 0 radical (unpaired) electrons. The second-order valence-electron chi connectivity index (χ2n) is 8.75. The molecule has 1 aromatic heterocycles. The van der Waals surface area contributed by atoms with Gasteiger partial charge in [0.25, 0.3) is 5.91 Å². The largest absolute Gasteiger partial charge is 0.271 e. The van der Waals surface area contributed by atoms with E-state index in [2.05, 4.69) is 39.8 Å². The minimum absolute atomic E-state index is 0.223. The van der Waals surface area contributed by atoms with Crippen LogP contribution < -0.4 is 5.43 Å². The number of hydrogen-bond donors (Lipinski definition) is 1. The maximum Gasteiger partial charge on any atom is 0.271 e. The fourth-order valence-corrected chi connectivity index (χ4v) is 6.12. The smallest absolute Gasteiger partial charge is 0.267 e. The highest BCUT2D eigenvalue weighted by Crippen LogP contribution is 2.60. The molecule has 0 spiro atoms. The van der Waals surface area contributed by atoms with Crippen LogP contribution in [0, 0.1) is 17.8 Å². The van der Waals surface area contributed by atoms with Crippen LogP contribution in [0.1, 0.15) is 60.0 Å². The molecule has 0 aliphatic heterocycles. The Hall–Kier alpha value is -2.49. The Balaban J connectivity index is 1.26. The first-order valence-corrected chi connectivity index (χ1v) is 10.0. The highest BCUT2D eigenvalue weighted by molar-refractivity contribution is 5.94. The molecule has 4 heteroatoms. The van der Waals surface area contributed by atoms with Crippen LogP contribution in [0.5, 0.6) is 0 Å². The molecule has 1 amide bonds. The molecule has 6 rings (SSSR count). The molecule has 0 saturated heterocycles. The summed E-state index contributed by atoms with van der Waals surface area (Å²) in [5.74, 6) is 2.65. The topological polar surface area (TPSA) is 54.4 Å². The first-order valence-electron chi connectivity index (χ1n) is 10.0. The standard InChI is InChI=1S/C23H25N3O/c27-22(20-5-7-24-8-6-20)26-25-15-16-1-3-21(4-2-16)23-12-17-9-18(13-23)11-19(10-17)14-23/h1-8,15,17-19H,9-14H2,(H,26,27)/b25-15+. The van der Waals surface area contributed by atoms with Crippen molar-refractivity contribution in [3.05, 3.63) is 65.5 Å². The van der Waals surface area contributed by atoms with E-state index < -0.39 is 0 Å². The third-order valence-electron chi connectivity index (χ3n) is 6.88. The van der Waals surface area contributed by atoms with Gasteiger partial charge >= 0.3 is 0 Å². The van der Waals surface area contributed by atoms with Crippen LogP contribution in [0.2, 0.25) is 0 Å². The van der Waals surface area contributed by atoms with Gasteiger partial charge in [-0.1, -0.05) is 24.3 Å². The molecule has 4 saturated carbocycles. The lowest BCUT2D eigenvalue weighted by atomic mass is 9.48. The molecular formula is C23H25N3O. The molecule has 4 nitrogen and oxygen atoms in total. The number of hydrogen-bond acceptors (Lipinski definition) is 3. The van der Waals surface area contributed by atoms with Gasteiger partial charge in [-0.2, -0.15) is 5.10 Å². The molecule has 27 heavy (non-hydrogen) atoms. The minimum atomic E-state index is -0.223. The Bertz CT molecular complexity index is 822. The maximum absolute atomic E-state index is 12.0. The first-order chi connectivity index (χ1) is 13.2. The number of nitrogens with zero attached hydrogens (tertiary/aromatic N) is 2. The summed E-state index contributed by atoms with van der Waals surface area (Å²) in [7, 11) is 0. The van der Waals surface area contributed by atoms with Gasteiger partial charge in [0.15, 0.2) is 0 Å². The van der Waals surface area contributed by atoms with Crippen molar-refractivity contribution < 1.29 is 4.79 Å². The van der Waals surface area contributed by atoms with Gasteiger partial charge in [-0.3, -0.25) is 9.78 Å². The quantitative estimate of drug-likeness (QED) is 0.653. The van der Waals surface area contributed by atoms with Crippen molar-refractivity contribution in [3.63, 3.8) is 0 Å². The normalized spacial score (nSPS) is 31.3. The number of benzene rings is 1. The van der Waals surface area contributed by atoms with Crippen LogP contribution in [0.4, 0.5) is 0 Å². The highest BCUT2D eigenvalue weighted by atomic mass is 16.2. The van der Waals surface area contributed by atoms with Gasteiger partial charge in [-0.05, 0) is 85.0 Å². The Morgan fingerprint density at radius 2 is 1.56 bits per heavy atom. The molecular weight excluding hydrogens is 334 g/mol. The Kier molecular flexibility index (Phi) is 4.07. The summed E-state index contributed by atoms with van der Waals surface area (Å²) >= 11 is 0. The average Bonchev–Trinajstić information content (AvgIpc) is 2.68. The molecule has 1 aromatic carbocycles.